The van der Waals surface area contributed by atoms with Crippen molar-refractivity contribution >= 4 is 5.91 Å². The Morgan fingerprint density at radius 2 is 2.09 bits per heavy atom. The molecule has 0 heterocycles. The summed E-state index contributed by atoms with van der Waals surface area (Å²) in [4.78, 5) is 11.1. The first-order valence-electron chi connectivity index (χ1n) is 3.71. The van der Waals surface area contributed by atoms with Gasteiger partial charge in [-0.15, -0.1) is 0 Å². The van der Waals surface area contributed by atoms with Gasteiger partial charge in [-0.05, 0) is 20.9 Å². The molecule has 11 heavy (non-hydrogen) atoms. The third-order valence-electron chi connectivity index (χ3n) is 1.13. The summed E-state index contributed by atoms with van der Waals surface area (Å²) in [6.45, 7) is 8.01. The molecule has 2 N–H and O–H groups in total. The van der Waals surface area contributed by atoms with Gasteiger partial charge in [0.15, 0.2) is 0 Å². The number of amides is 1. The number of nitrogens with one attached hydrogen (secondary N) is 2. The molecule has 0 aromatic rings. The summed E-state index contributed by atoms with van der Waals surface area (Å²) >= 11 is 0. The molecule has 0 saturated carbocycles. The molecule has 1 amide bonds. The van der Waals surface area contributed by atoms with Gasteiger partial charge in [-0.2, -0.15) is 0 Å². The molecule has 0 saturated heterocycles. The van der Waals surface area contributed by atoms with Gasteiger partial charge in [0.05, 0.1) is 0 Å². The Morgan fingerprint density at radius 1 is 1.55 bits per heavy atom. The third kappa shape index (κ3) is 4.56. The normalized spacial score (nSPS) is 9.82. The Hall–Kier alpha value is -0.830. The van der Waals surface area contributed by atoms with Crippen LogP contribution in [0.3, 0.4) is 0 Å². The molecule has 0 aliphatic heterocycles. The van der Waals surface area contributed by atoms with Crippen molar-refractivity contribution in [3.63, 3.8) is 0 Å². The van der Waals surface area contributed by atoms with Crippen molar-refractivity contribution in [2.75, 3.05) is 13.6 Å². The molecule has 0 aromatic heterocycles. The summed E-state index contributed by atoms with van der Waals surface area (Å²) < 4.78 is 0. The molecular formula is C8H16N2O. The SMILES string of the molecule is C=C(CNC)C(=O)NC(C)C. The average Bonchev–Trinajstić information content (AvgIpc) is 1.86. The summed E-state index contributed by atoms with van der Waals surface area (Å²) in [6, 6.07) is 0.177. The summed E-state index contributed by atoms with van der Waals surface area (Å²) in [5.74, 6) is -0.0747. The fraction of sp³-hybridized carbons (Fsp3) is 0.625. The van der Waals surface area contributed by atoms with Gasteiger partial charge >= 0.3 is 0 Å². The Morgan fingerprint density at radius 3 is 2.45 bits per heavy atom. The molecule has 0 aromatic carbocycles. The van der Waals surface area contributed by atoms with E-state index < -0.39 is 0 Å². The van der Waals surface area contributed by atoms with Crippen molar-refractivity contribution in [1.29, 1.82) is 0 Å². The standard InChI is InChI=1S/C8H16N2O/c1-6(2)10-8(11)7(3)5-9-4/h6,9H,3,5H2,1-2,4H3,(H,10,11). The van der Waals surface area contributed by atoms with Crippen LogP contribution in [0.5, 0.6) is 0 Å². The fourth-order valence-electron chi connectivity index (χ4n) is 0.658. The first-order valence-corrected chi connectivity index (χ1v) is 3.71. The second-order valence-corrected chi connectivity index (χ2v) is 2.76. The molecule has 0 atom stereocenters. The summed E-state index contributed by atoms with van der Waals surface area (Å²) in [6.07, 6.45) is 0. The Balaban J connectivity index is 3.74. The van der Waals surface area contributed by atoms with Crippen LogP contribution in [-0.4, -0.2) is 25.5 Å². The zero-order valence-corrected chi connectivity index (χ0v) is 7.40. The lowest BCUT2D eigenvalue weighted by Crippen LogP contribution is -2.33. The van der Waals surface area contributed by atoms with E-state index in [4.69, 9.17) is 0 Å². The molecule has 0 aliphatic rings. The van der Waals surface area contributed by atoms with Gasteiger partial charge in [0.25, 0.3) is 0 Å². The molecule has 0 unspecified atom stereocenters. The number of hydrogen-bond acceptors (Lipinski definition) is 2. The Kier molecular flexibility index (Phi) is 4.54. The maximum Gasteiger partial charge on any atom is 0.248 e. The minimum Gasteiger partial charge on any atom is -0.350 e. The second kappa shape index (κ2) is 4.91. The highest BCUT2D eigenvalue weighted by atomic mass is 16.1. The molecule has 0 radical (unpaired) electrons. The lowest BCUT2D eigenvalue weighted by Gasteiger charge is -2.09. The first-order chi connectivity index (χ1) is 5.07. The average molecular weight is 156 g/mol. The maximum atomic E-state index is 11.1. The van der Waals surface area contributed by atoms with Gasteiger partial charge in [-0.25, -0.2) is 0 Å². The molecule has 3 nitrogen and oxygen atoms in total. The van der Waals surface area contributed by atoms with Crippen LogP contribution in [0.2, 0.25) is 0 Å². The predicted octanol–water partition coefficient (Wildman–Crippen LogP) is 0.287. The number of likely N-dealkylation sites (N-methyl/N-ethyl adjacent to an activating group) is 1. The van der Waals surface area contributed by atoms with Gasteiger partial charge in [-0.1, -0.05) is 6.58 Å². The van der Waals surface area contributed by atoms with Crippen LogP contribution in [-0.2, 0) is 4.79 Å². The number of carbonyl (C=O) groups is 1. The predicted molar refractivity (Wildman–Crippen MR) is 46.3 cm³/mol. The van der Waals surface area contributed by atoms with Crippen molar-refractivity contribution in [2.45, 2.75) is 19.9 Å². The summed E-state index contributed by atoms with van der Waals surface area (Å²) in [7, 11) is 1.79. The van der Waals surface area contributed by atoms with E-state index in [9.17, 15) is 4.79 Å². The molecule has 0 bridgehead atoms. The van der Waals surface area contributed by atoms with Gasteiger partial charge in [0, 0.05) is 18.2 Å². The highest BCUT2D eigenvalue weighted by Crippen LogP contribution is 1.88. The third-order valence-corrected chi connectivity index (χ3v) is 1.13. The van der Waals surface area contributed by atoms with E-state index >= 15 is 0 Å². The van der Waals surface area contributed by atoms with Crippen LogP contribution in [0, 0.1) is 0 Å². The lowest BCUT2D eigenvalue weighted by atomic mass is 10.2. The molecule has 0 spiro atoms. The van der Waals surface area contributed by atoms with Gasteiger partial charge in [0.2, 0.25) is 5.91 Å². The van der Waals surface area contributed by atoms with Crippen LogP contribution < -0.4 is 10.6 Å². The van der Waals surface area contributed by atoms with E-state index in [0.29, 0.717) is 12.1 Å². The van der Waals surface area contributed by atoms with E-state index in [1.807, 2.05) is 13.8 Å². The monoisotopic (exact) mass is 156 g/mol. The molecular weight excluding hydrogens is 140 g/mol. The summed E-state index contributed by atoms with van der Waals surface area (Å²) in [5.41, 5.74) is 0.571. The quantitative estimate of drug-likeness (QED) is 0.574. The van der Waals surface area contributed by atoms with E-state index in [0.717, 1.165) is 0 Å². The van der Waals surface area contributed by atoms with Crippen LogP contribution >= 0.6 is 0 Å². The number of carbonyl (C=O) groups excluding carboxylic acids is 1. The van der Waals surface area contributed by atoms with E-state index in [2.05, 4.69) is 17.2 Å². The lowest BCUT2D eigenvalue weighted by molar-refractivity contribution is -0.118. The van der Waals surface area contributed by atoms with Crippen LogP contribution in [0.25, 0.3) is 0 Å². The Bertz CT molecular complexity index is 152. The largest absolute Gasteiger partial charge is 0.350 e. The van der Waals surface area contributed by atoms with E-state index in [-0.39, 0.29) is 11.9 Å². The van der Waals surface area contributed by atoms with Crippen LogP contribution in [0.15, 0.2) is 12.2 Å². The van der Waals surface area contributed by atoms with Crippen LogP contribution in [0.4, 0.5) is 0 Å². The zero-order valence-electron chi connectivity index (χ0n) is 7.40. The Labute approximate surface area is 67.9 Å². The number of rotatable bonds is 4. The fourth-order valence-corrected chi connectivity index (χ4v) is 0.658. The van der Waals surface area contributed by atoms with Crippen molar-refractivity contribution in [3.8, 4) is 0 Å². The molecule has 0 fully saturated rings. The van der Waals surface area contributed by atoms with Crippen molar-refractivity contribution < 1.29 is 4.79 Å². The molecule has 3 heteroatoms. The van der Waals surface area contributed by atoms with E-state index in [1.165, 1.54) is 0 Å². The summed E-state index contributed by atoms with van der Waals surface area (Å²) in [5, 5.41) is 5.61. The van der Waals surface area contributed by atoms with Crippen molar-refractivity contribution in [2.24, 2.45) is 0 Å². The molecule has 0 aliphatic carbocycles. The molecule has 64 valence electrons. The molecule has 0 rings (SSSR count). The van der Waals surface area contributed by atoms with Gasteiger partial charge in [-0.3, -0.25) is 4.79 Å². The van der Waals surface area contributed by atoms with Gasteiger partial charge < -0.3 is 10.6 Å². The van der Waals surface area contributed by atoms with Crippen LogP contribution in [0.1, 0.15) is 13.8 Å². The maximum absolute atomic E-state index is 11.1. The number of hydrogen-bond donors (Lipinski definition) is 2. The first kappa shape index (κ1) is 10.2. The van der Waals surface area contributed by atoms with Gasteiger partial charge in [0.1, 0.15) is 0 Å². The minimum atomic E-state index is -0.0747. The second-order valence-electron chi connectivity index (χ2n) is 2.76. The highest BCUT2D eigenvalue weighted by Gasteiger charge is 2.05. The topological polar surface area (TPSA) is 41.1 Å². The van der Waals surface area contributed by atoms with E-state index in [1.54, 1.807) is 7.05 Å². The highest BCUT2D eigenvalue weighted by molar-refractivity contribution is 5.93. The zero-order chi connectivity index (χ0) is 8.85. The minimum absolute atomic E-state index is 0.0747. The van der Waals surface area contributed by atoms with Crippen molar-refractivity contribution in [3.05, 3.63) is 12.2 Å². The van der Waals surface area contributed by atoms with Crippen molar-refractivity contribution in [1.82, 2.24) is 10.6 Å². The smallest absolute Gasteiger partial charge is 0.248 e.